The van der Waals surface area contributed by atoms with Crippen LogP contribution in [0.15, 0.2) is 72.8 Å². The molecule has 2 amide bonds. The number of nitrogens with one attached hydrogen (secondary N) is 2. The molecule has 7 heteroatoms. The molecule has 1 heterocycles. The molecule has 27 heavy (non-hydrogen) atoms. The summed E-state index contributed by atoms with van der Waals surface area (Å²) in [6.07, 6.45) is -0.401. The Hall–Kier alpha value is -3.58. The third-order valence-electron chi connectivity index (χ3n) is 4.17. The minimum Gasteiger partial charge on any atom is -0.377 e. The fourth-order valence-electron chi connectivity index (χ4n) is 2.83. The van der Waals surface area contributed by atoms with Gasteiger partial charge in [-0.3, -0.25) is 0 Å². The Labute approximate surface area is 155 Å². The molecule has 4 rings (SSSR count). The lowest BCUT2D eigenvalue weighted by Gasteiger charge is -2.21. The van der Waals surface area contributed by atoms with Crippen LogP contribution in [0.1, 0.15) is 11.7 Å². The summed E-state index contributed by atoms with van der Waals surface area (Å²) < 4.78 is 12.9. The topological polar surface area (TPSA) is 79.6 Å². The molecule has 3 aromatic rings. The molecule has 4 N–H and O–H groups in total. The van der Waals surface area contributed by atoms with E-state index in [1.807, 2.05) is 24.3 Å². The zero-order valence-corrected chi connectivity index (χ0v) is 14.2. The van der Waals surface area contributed by atoms with Crippen LogP contribution in [0, 0.1) is 5.82 Å². The highest BCUT2D eigenvalue weighted by molar-refractivity contribution is 5.99. The maximum atomic E-state index is 12.9. The van der Waals surface area contributed by atoms with Gasteiger partial charge in [-0.15, -0.1) is 0 Å². The molecule has 3 aromatic carbocycles. The zero-order valence-electron chi connectivity index (χ0n) is 14.2. The van der Waals surface area contributed by atoms with Crippen LogP contribution in [-0.2, 0) is 0 Å². The number of rotatable bonds is 3. The molecular formula is C20H17FN4O2. The number of anilines is 3. The Morgan fingerprint density at radius 2 is 1.52 bits per heavy atom. The number of urea groups is 1. The molecule has 1 unspecified atom stereocenters. The van der Waals surface area contributed by atoms with Gasteiger partial charge >= 0.3 is 6.03 Å². The molecule has 1 aliphatic heterocycles. The third kappa shape index (κ3) is 3.54. The van der Waals surface area contributed by atoms with Gasteiger partial charge in [0.1, 0.15) is 12.0 Å². The van der Waals surface area contributed by atoms with E-state index in [9.17, 15) is 9.18 Å². The summed E-state index contributed by atoms with van der Waals surface area (Å²) in [5.74, 6) is 0.368. The third-order valence-corrected chi connectivity index (χ3v) is 4.17. The second-order valence-electron chi connectivity index (χ2n) is 6.03. The monoisotopic (exact) mass is 364 g/mol. The molecule has 0 saturated carbocycles. The Kier molecular flexibility index (Phi) is 4.35. The molecule has 0 aliphatic carbocycles. The number of benzene rings is 3. The van der Waals surface area contributed by atoms with Gasteiger partial charge in [0.05, 0.1) is 5.69 Å². The van der Waals surface area contributed by atoms with Crippen LogP contribution in [0.5, 0.6) is 5.75 Å². The second-order valence-corrected chi connectivity index (χ2v) is 6.03. The van der Waals surface area contributed by atoms with Crippen molar-refractivity contribution in [2.45, 2.75) is 6.17 Å². The number of carbonyl (C=O) groups excluding carboxylic acids is 1. The Morgan fingerprint density at radius 3 is 2.15 bits per heavy atom. The lowest BCUT2D eigenvalue weighted by Crippen LogP contribution is -2.31. The largest absolute Gasteiger partial charge is 0.377 e. The van der Waals surface area contributed by atoms with E-state index in [0.29, 0.717) is 11.4 Å². The van der Waals surface area contributed by atoms with Crippen molar-refractivity contribution in [2.75, 3.05) is 15.7 Å². The van der Waals surface area contributed by atoms with Crippen molar-refractivity contribution in [3.63, 3.8) is 0 Å². The first-order chi connectivity index (χ1) is 13.1. The van der Waals surface area contributed by atoms with Gasteiger partial charge in [-0.25, -0.2) is 9.18 Å². The molecule has 1 aliphatic rings. The van der Waals surface area contributed by atoms with E-state index in [1.165, 1.54) is 24.3 Å². The van der Waals surface area contributed by atoms with Gasteiger partial charge in [0.2, 0.25) is 0 Å². The van der Waals surface area contributed by atoms with Crippen LogP contribution in [0.3, 0.4) is 0 Å². The van der Waals surface area contributed by atoms with Crippen molar-refractivity contribution in [3.8, 4) is 5.75 Å². The Morgan fingerprint density at radius 1 is 0.926 bits per heavy atom. The molecule has 0 fully saturated rings. The van der Waals surface area contributed by atoms with E-state index < -0.39 is 12.2 Å². The van der Waals surface area contributed by atoms with E-state index in [-0.39, 0.29) is 5.82 Å². The number of amides is 2. The fourth-order valence-corrected chi connectivity index (χ4v) is 2.83. The molecule has 1 atom stereocenters. The normalized spacial score (nSPS) is 15.0. The van der Waals surface area contributed by atoms with Crippen LogP contribution in [-0.4, -0.2) is 6.03 Å². The van der Waals surface area contributed by atoms with Crippen molar-refractivity contribution in [1.82, 2.24) is 0 Å². The highest BCUT2D eigenvalue weighted by atomic mass is 19.1. The number of carbonyl (C=O) groups is 1. The molecule has 0 radical (unpaired) electrons. The summed E-state index contributed by atoms with van der Waals surface area (Å²) >= 11 is 0. The van der Waals surface area contributed by atoms with Gasteiger partial charge in [-0.2, -0.15) is 5.06 Å². The van der Waals surface area contributed by atoms with E-state index >= 15 is 0 Å². The van der Waals surface area contributed by atoms with E-state index in [0.717, 1.165) is 17.0 Å². The molecule has 0 bridgehead atoms. The number of nitrogens with two attached hydrogens (primary N) is 1. The average molecular weight is 364 g/mol. The number of para-hydroxylation sites is 1. The van der Waals surface area contributed by atoms with E-state index in [2.05, 4.69) is 10.6 Å². The van der Waals surface area contributed by atoms with Crippen molar-refractivity contribution in [2.24, 2.45) is 5.73 Å². The number of halogens is 1. The number of fused-ring (bicyclic) bond motifs is 1. The number of hydrogen-bond acceptors (Lipinski definition) is 4. The maximum absolute atomic E-state index is 12.9. The van der Waals surface area contributed by atoms with Crippen LogP contribution < -0.4 is 26.3 Å². The van der Waals surface area contributed by atoms with Crippen LogP contribution in [0.25, 0.3) is 0 Å². The summed E-state index contributed by atoms with van der Waals surface area (Å²) in [4.78, 5) is 17.8. The molecule has 136 valence electrons. The van der Waals surface area contributed by atoms with Crippen molar-refractivity contribution in [1.29, 1.82) is 0 Å². The summed E-state index contributed by atoms with van der Waals surface area (Å²) in [6, 6.07) is 19.8. The Bertz CT molecular complexity index is 960. The van der Waals surface area contributed by atoms with Crippen molar-refractivity contribution in [3.05, 3.63) is 84.2 Å². The smallest absolute Gasteiger partial charge is 0.323 e. The molecule has 0 aromatic heterocycles. The van der Waals surface area contributed by atoms with Gasteiger partial charge in [-0.05, 0) is 54.6 Å². The quantitative estimate of drug-likeness (QED) is 0.649. The molecular weight excluding hydrogens is 347 g/mol. The Balaban J connectivity index is 1.41. The first-order valence-electron chi connectivity index (χ1n) is 8.35. The molecule has 0 spiro atoms. The number of nitrogens with zero attached hydrogens (tertiary/aromatic N) is 1. The van der Waals surface area contributed by atoms with Gasteiger partial charge < -0.3 is 21.2 Å². The standard InChI is InChI=1S/C20H17FN4O2/c21-13-5-7-14(8-6-13)23-20(26)24-15-9-11-16(12-10-15)25-19(22)17-3-1-2-4-18(17)27-25/h1-12,19H,22H2,(H2,23,24,26). The SMILES string of the molecule is NC1c2ccccc2ON1c1ccc(NC(=O)Nc2ccc(F)cc2)cc1. The van der Waals surface area contributed by atoms with Gasteiger partial charge in [0, 0.05) is 16.9 Å². The van der Waals surface area contributed by atoms with Crippen molar-refractivity contribution < 1.29 is 14.0 Å². The first kappa shape index (κ1) is 16.9. The number of hydrogen-bond donors (Lipinski definition) is 3. The van der Waals surface area contributed by atoms with E-state index in [1.54, 1.807) is 29.3 Å². The highest BCUT2D eigenvalue weighted by Gasteiger charge is 2.29. The lowest BCUT2D eigenvalue weighted by molar-refractivity contribution is 0.262. The highest BCUT2D eigenvalue weighted by Crippen LogP contribution is 2.37. The minimum absolute atomic E-state index is 0.360. The van der Waals surface area contributed by atoms with Crippen LogP contribution in [0.2, 0.25) is 0 Å². The van der Waals surface area contributed by atoms with Gasteiger partial charge in [0.25, 0.3) is 0 Å². The second kappa shape index (κ2) is 6.97. The van der Waals surface area contributed by atoms with Gasteiger partial charge in [0.15, 0.2) is 5.75 Å². The minimum atomic E-state index is -0.420. The predicted octanol–water partition coefficient (Wildman–Crippen LogP) is 4.24. The number of hydroxylamine groups is 1. The van der Waals surface area contributed by atoms with Crippen LogP contribution in [0.4, 0.5) is 26.2 Å². The summed E-state index contributed by atoms with van der Waals surface area (Å²) in [5, 5.41) is 6.97. The van der Waals surface area contributed by atoms with Crippen LogP contribution >= 0.6 is 0 Å². The maximum Gasteiger partial charge on any atom is 0.323 e. The molecule has 0 saturated heterocycles. The summed E-state index contributed by atoms with van der Waals surface area (Å²) in [5.41, 5.74) is 9.01. The first-order valence-corrected chi connectivity index (χ1v) is 8.35. The fraction of sp³-hybridized carbons (Fsp3) is 0.0500. The van der Waals surface area contributed by atoms with E-state index in [4.69, 9.17) is 10.6 Å². The zero-order chi connectivity index (χ0) is 18.8. The lowest BCUT2D eigenvalue weighted by atomic mass is 10.1. The van der Waals surface area contributed by atoms with Crippen molar-refractivity contribution >= 4 is 23.1 Å². The predicted molar refractivity (Wildman–Crippen MR) is 102 cm³/mol. The summed E-state index contributed by atoms with van der Waals surface area (Å²) in [6.45, 7) is 0. The average Bonchev–Trinajstić information content (AvgIpc) is 3.01. The summed E-state index contributed by atoms with van der Waals surface area (Å²) in [7, 11) is 0. The molecule has 6 nitrogen and oxygen atoms in total. The van der Waals surface area contributed by atoms with Gasteiger partial charge in [-0.1, -0.05) is 18.2 Å².